The van der Waals surface area contributed by atoms with E-state index in [4.69, 9.17) is 0 Å². The van der Waals surface area contributed by atoms with Gasteiger partial charge in [-0.1, -0.05) is 36.4 Å². The Bertz CT molecular complexity index is 962. The average molecular weight is 365 g/mol. The third-order valence-corrected chi connectivity index (χ3v) is 4.84. The highest BCUT2D eigenvalue weighted by molar-refractivity contribution is 5.79. The number of para-hydroxylation sites is 1. The molecule has 3 aromatic rings. The van der Waals surface area contributed by atoms with Gasteiger partial charge in [0, 0.05) is 17.8 Å². The molecule has 0 bridgehead atoms. The summed E-state index contributed by atoms with van der Waals surface area (Å²) in [7, 11) is 0. The zero-order valence-corrected chi connectivity index (χ0v) is 15.9. The van der Waals surface area contributed by atoms with Crippen molar-refractivity contribution in [2.75, 3.05) is 6.54 Å². The first-order valence-electron chi connectivity index (χ1n) is 9.08. The summed E-state index contributed by atoms with van der Waals surface area (Å²) in [4.78, 5) is 12.4. The van der Waals surface area contributed by atoms with Crippen molar-refractivity contribution in [3.8, 4) is 5.69 Å². The number of nitrogens with one attached hydrogen (secondary N) is 1. The van der Waals surface area contributed by atoms with E-state index in [2.05, 4.69) is 29.5 Å². The van der Waals surface area contributed by atoms with Crippen LogP contribution in [-0.4, -0.2) is 22.2 Å². The molecule has 0 saturated carbocycles. The minimum absolute atomic E-state index is 0.0529. The highest BCUT2D eigenvalue weighted by atomic mass is 19.1. The maximum atomic E-state index is 14.1. The number of halogens is 1. The molecule has 0 fully saturated rings. The summed E-state index contributed by atoms with van der Waals surface area (Å²) in [5.74, 6) is -0.389. The van der Waals surface area contributed by atoms with Gasteiger partial charge in [0.1, 0.15) is 11.5 Å². The molecule has 0 unspecified atom stereocenters. The first-order chi connectivity index (χ1) is 13.0. The molecule has 5 heteroatoms. The van der Waals surface area contributed by atoms with Crippen LogP contribution in [-0.2, 0) is 17.6 Å². The lowest BCUT2D eigenvalue weighted by Gasteiger charge is -2.08. The van der Waals surface area contributed by atoms with Crippen molar-refractivity contribution < 1.29 is 9.18 Å². The number of nitrogens with zero attached hydrogens (tertiary/aromatic N) is 2. The molecule has 1 amide bonds. The van der Waals surface area contributed by atoms with Crippen LogP contribution in [0.1, 0.15) is 28.1 Å². The molecule has 0 atom stereocenters. The fourth-order valence-corrected chi connectivity index (χ4v) is 3.24. The maximum absolute atomic E-state index is 14.1. The van der Waals surface area contributed by atoms with E-state index in [0.717, 1.165) is 23.4 Å². The van der Waals surface area contributed by atoms with Crippen molar-refractivity contribution in [3.63, 3.8) is 0 Å². The number of rotatable bonds is 6. The molecular formula is C22H24FN3O. The molecule has 1 heterocycles. The van der Waals surface area contributed by atoms with Crippen molar-refractivity contribution in [2.45, 2.75) is 33.6 Å². The van der Waals surface area contributed by atoms with Crippen LogP contribution in [0.2, 0.25) is 0 Å². The average Bonchev–Trinajstić information content (AvgIpc) is 2.92. The molecule has 1 aromatic heterocycles. The number of aryl methyl sites for hydroxylation is 2. The number of benzene rings is 2. The molecule has 0 saturated heterocycles. The lowest BCUT2D eigenvalue weighted by Crippen LogP contribution is -2.27. The van der Waals surface area contributed by atoms with Crippen molar-refractivity contribution in [3.05, 3.63) is 82.4 Å². The van der Waals surface area contributed by atoms with Crippen LogP contribution in [0.25, 0.3) is 5.69 Å². The van der Waals surface area contributed by atoms with Crippen LogP contribution in [0.3, 0.4) is 0 Å². The predicted octanol–water partition coefficient (Wildman–Crippen LogP) is 3.84. The third-order valence-electron chi connectivity index (χ3n) is 4.84. The number of aromatic nitrogens is 2. The van der Waals surface area contributed by atoms with Gasteiger partial charge in [0.2, 0.25) is 5.91 Å². The topological polar surface area (TPSA) is 46.9 Å². The van der Waals surface area contributed by atoms with Crippen molar-refractivity contribution in [2.24, 2.45) is 0 Å². The predicted molar refractivity (Wildman–Crippen MR) is 105 cm³/mol. The molecule has 0 aliphatic carbocycles. The minimum Gasteiger partial charge on any atom is -0.355 e. The molecule has 27 heavy (non-hydrogen) atoms. The number of amides is 1. The molecule has 1 N–H and O–H groups in total. The van der Waals surface area contributed by atoms with Crippen LogP contribution in [0.4, 0.5) is 4.39 Å². The van der Waals surface area contributed by atoms with Crippen molar-refractivity contribution in [1.82, 2.24) is 15.1 Å². The van der Waals surface area contributed by atoms with Gasteiger partial charge in [0.05, 0.1) is 12.1 Å². The van der Waals surface area contributed by atoms with Gasteiger partial charge in [-0.2, -0.15) is 5.10 Å². The second-order valence-corrected chi connectivity index (χ2v) is 6.72. The Morgan fingerprint density at radius 3 is 2.52 bits per heavy atom. The van der Waals surface area contributed by atoms with Crippen LogP contribution in [0, 0.1) is 26.6 Å². The second-order valence-electron chi connectivity index (χ2n) is 6.72. The van der Waals surface area contributed by atoms with Gasteiger partial charge >= 0.3 is 0 Å². The van der Waals surface area contributed by atoms with E-state index in [9.17, 15) is 9.18 Å². The van der Waals surface area contributed by atoms with Crippen molar-refractivity contribution >= 4 is 5.91 Å². The summed E-state index contributed by atoms with van der Waals surface area (Å²) in [6.07, 6.45) is 1.03. The number of carbonyl (C=O) groups is 1. The number of carbonyl (C=O) groups excluding carboxylic acids is 1. The molecule has 140 valence electrons. The highest BCUT2D eigenvalue weighted by Gasteiger charge is 2.17. The summed E-state index contributed by atoms with van der Waals surface area (Å²) in [6, 6.07) is 14.7. The van der Waals surface area contributed by atoms with Gasteiger partial charge in [-0.15, -0.1) is 0 Å². The first kappa shape index (κ1) is 18.8. The van der Waals surface area contributed by atoms with E-state index < -0.39 is 0 Å². The summed E-state index contributed by atoms with van der Waals surface area (Å²) < 4.78 is 15.6. The second kappa shape index (κ2) is 8.16. The van der Waals surface area contributed by atoms with Gasteiger partial charge in [-0.3, -0.25) is 4.79 Å². The monoisotopic (exact) mass is 365 g/mol. The Balaban J connectivity index is 1.66. The zero-order valence-electron chi connectivity index (χ0n) is 15.9. The number of hydrogen-bond acceptors (Lipinski definition) is 2. The molecule has 0 aliphatic heterocycles. The summed E-state index contributed by atoms with van der Waals surface area (Å²) in [6.45, 7) is 6.37. The lowest BCUT2D eigenvalue weighted by atomic mass is 10.1. The highest BCUT2D eigenvalue weighted by Crippen LogP contribution is 2.20. The van der Waals surface area contributed by atoms with E-state index in [1.54, 1.807) is 22.9 Å². The van der Waals surface area contributed by atoms with Crippen LogP contribution in [0.15, 0.2) is 48.5 Å². The molecular weight excluding hydrogens is 341 g/mol. The van der Waals surface area contributed by atoms with E-state index in [1.165, 1.54) is 17.2 Å². The fraction of sp³-hybridized carbons (Fsp3) is 0.273. The summed E-state index contributed by atoms with van der Waals surface area (Å²) >= 11 is 0. The maximum Gasteiger partial charge on any atom is 0.224 e. The van der Waals surface area contributed by atoms with Gasteiger partial charge in [-0.05, 0) is 50.5 Å². The van der Waals surface area contributed by atoms with Crippen LogP contribution in [0.5, 0.6) is 0 Å². The molecule has 0 spiro atoms. The summed E-state index contributed by atoms with van der Waals surface area (Å²) in [5.41, 5.74) is 5.22. The largest absolute Gasteiger partial charge is 0.355 e. The van der Waals surface area contributed by atoms with Gasteiger partial charge in [-0.25, -0.2) is 9.07 Å². The standard InChI is InChI=1S/C22H24FN3O/c1-15-8-4-5-9-18(15)12-13-24-22(27)14-19-16(2)25-26(17(19)3)21-11-7-6-10-20(21)23/h4-11H,12-14H2,1-3H3,(H,24,27). The molecule has 2 aromatic carbocycles. The van der Waals surface area contributed by atoms with Gasteiger partial charge in [0.25, 0.3) is 0 Å². The fourth-order valence-electron chi connectivity index (χ4n) is 3.24. The van der Waals surface area contributed by atoms with Gasteiger partial charge < -0.3 is 5.32 Å². The van der Waals surface area contributed by atoms with E-state index >= 15 is 0 Å². The van der Waals surface area contributed by atoms with Crippen LogP contribution < -0.4 is 5.32 Å². The molecule has 3 rings (SSSR count). The Labute approximate surface area is 159 Å². The first-order valence-corrected chi connectivity index (χ1v) is 9.08. The van der Waals surface area contributed by atoms with Gasteiger partial charge in [0.15, 0.2) is 0 Å². The van der Waals surface area contributed by atoms with Crippen LogP contribution >= 0.6 is 0 Å². The lowest BCUT2D eigenvalue weighted by molar-refractivity contribution is -0.120. The van der Waals surface area contributed by atoms with E-state index in [0.29, 0.717) is 12.2 Å². The minimum atomic E-state index is -0.336. The van der Waals surface area contributed by atoms with E-state index in [1.807, 2.05) is 26.0 Å². The Morgan fingerprint density at radius 1 is 1.07 bits per heavy atom. The Hall–Kier alpha value is -2.95. The SMILES string of the molecule is Cc1ccccc1CCNC(=O)Cc1c(C)nn(-c2ccccc2F)c1C. The Kier molecular flexibility index (Phi) is 5.69. The normalized spacial score (nSPS) is 10.8. The zero-order chi connectivity index (χ0) is 19.4. The van der Waals surface area contributed by atoms with Crippen molar-refractivity contribution in [1.29, 1.82) is 0 Å². The molecule has 4 nitrogen and oxygen atoms in total. The Morgan fingerprint density at radius 2 is 1.78 bits per heavy atom. The third kappa shape index (κ3) is 4.25. The smallest absolute Gasteiger partial charge is 0.224 e. The molecule has 0 aliphatic rings. The quantitative estimate of drug-likeness (QED) is 0.721. The molecule has 0 radical (unpaired) electrons. The summed E-state index contributed by atoms with van der Waals surface area (Å²) in [5, 5.41) is 7.40. The number of hydrogen-bond donors (Lipinski definition) is 1. The van der Waals surface area contributed by atoms with E-state index in [-0.39, 0.29) is 18.1 Å².